The Kier molecular flexibility index (Phi) is 3.10. The first kappa shape index (κ1) is 5.93. The summed E-state index contributed by atoms with van der Waals surface area (Å²) in [4.78, 5) is 0. The van der Waals surface area contributed by atoms with Gasteiger partial charge in [-0.2, -0.15) is 12.7 Å². The van der Waals surface area contributed by atoms with Crippen molar-refractivity contribution in [1.29, 1.82) is 0 Å². The van der Waals surface area contributed by atoms with E-state index in [9.17, 15) is 8.42 Å². The number of hydrogen-bond acceptors (Lipinski definition) is 5. The van der Waals surface area contributed by atoms with Crippen LogP contribution in [-0.4, -0.2) is 8.42 Å². The molecule has 0 heterocycles. The van der Waals surface area contributed by atoms with Crippen LogP contribution in [0.3, 0.4) is 0 Å². The molecule has 0 spiro atoms. The highest BCUT2D eigenvalue weighted by Crippen LogP contribution is 1.73. The molecule has 36 valence electrons. The van der Waals surface area contributed by atoms with Crippen LogP contribution in [0.25, 0.3) is 0 Å². The highest BCUT2D eigenvalue weighted by Gasteiger charge is 1.60. The van der Waals surface area contributed by atoms with Crippen molar-refractivity contribution in [3.05, 3.63) is 0 Å². The molecule has 0 unspecified atom stereocenters. The zero-order valence-corrected chi connectivity index (χ0v) is 4.24. The maximum atomic E-state index is 9.26. The second-order valence-electron chi connectivity index (χ2n) is 0.373. The first-order valence-electron chi connectivity index (χ1n) is 0.881. The predicted molar refractivity (Wildman–Crippen MR) is 21.4 cm³/mol. The number of thiol groups is 1. The molecule has 0 aliphatic heterocycles. The van der Waals surface area contributed by atoms with E-state index < -0.39 is 10.5 Å². The van der Waals surface area contributed by atoms with Crippen LogP contribution < -0.4 is 0 Å². The molecule has 6 heavy (non-hydrogen) atoms. The van der Waals surface area contributed by atoms with E-state index >= 15 is 0 Å². The van der Waals surface area contributed by atoms with E-state index in [1.165, 1.54) is 0 Å². The third-order valence-corrected chi connectivity index (χ3v) is 0.483. The van der Waals surface area contributed by atoms with Crippen molar-refractivity contribution in [2.45, 2.75) is 0 Å². The van der Waals surface area contributed by atoms with Crippen LogP contribution in [0.1, 0.15) is 0 Å². The van der Waals surface area contributed by atoms with Crippen LogP contribution in [0, 0.1) is 0 Å². The lowest BCUT2D eigenvalue weighted by Gasteiger charge is -1.61. The molecule has 0 fully saturated rings. The minimum absolute atomic E-state index is 2.41. The molecule has 0 aliphatic carbocycles. The van der Waals surface area contributed by atoms with Gasteiger partial charge in [-0.3, -0.25) is 0 Å². The summed E-state index contributed by atoms with van der Waals surface area (Å²) < 4.78 is 24.4. The Hall–Kier alpha value is -0.0700. The van der Waals surface area contributed by atoms with Crippen molar-refractivity contribution in [2.24, 2.45) is 4.53 Å². The number of nitrogens with zero attached hydrogens (tertiary/aromatic N) is 1. The average Bonchev–Trinajstić information content (AvgIpc) is 1.35. The van der Waals surface area contributed by atoms with Crippen LogP contribution in [0.15, 0.2) is 4.53 Å². The van der Waals surface area contributed by atoms with E-state index in [4.69, 9.17) is 0 Å². The van der Waals surface area contributed by atoms with E-state index in [1.807, 2.05) is 0 Å². The van der Waals surface area contributed by atoms with E-state index in [0.29, 0.717) is 0 Å². The average molecular weight is 127 g/mol. The molecule has 0 aromatic heterocycles. The fraction of sp³-hybridized carbons (Fsp3) is 0. The molecule has 0 saturated carbocycles. The van der Waals surface area contributed by atoms with Crippen molar-refractivity contribution in [2.75, 3.05) is 0 Å². The fourth-order valence-electron chi connectivity index (χ4n) is 0.0272. The SMILES string of the molecule is O=S(=O)=NOS. The maximum absolute atomic E-state index is 9.26. The molecule has 0 atom stereocenters. The van der Waals surface area contributed by atoms with Gasteiger partial charge in [0.15, 0.2) is 0 Å². The zero-order chi connectivity index (χ0) is 4.99. The summed E-state index contributed by atoms with van der Waals surface area (Å²) in [5.41, 5.74) is 0. The van der Waals surface area contributed by atoms with Crippen molar-refractivity contribution in [3.63, 3.8) is 0 Å². The van der Waals surface area contributed by atoms with Crippen LogP contribution >= 0.6 is 12.9 Å². The Labute approximate surface area is 41.4 Å². The van der Waals surface area contributed by atoms with Gasteiger partial charge in [0.1, 0.15) is 0 Å². The molecule has 0 aromatic carbocycles. The minimum Gasteiger partial charge on any atom is -0.168 e. The second kappa shape index (κ2) is 3.13. The van der Waals surface area contributed by atoms with Crippen LogP contribution in [0.5, 0.6) is 0 Å². The molecule has 6 heteroatoms. The van der Waals surface area contributed by atoms with Crippen molar-refractivity contribution in [1.82, 2.24) is 0 Å². The largest absolute Gasteiger partial charge is 0.339 e. The quantitative estimate of drug-likeness (QED) is 0.302. The molecule has 0 radical (unpaired) electrons. The van der Waals surface area contributed by atoms with Gasteiger partial charge in [0.25, 0.3) is 0 Å². The molecule has 4 nitrogen and oxygen atoms in total. The molecule has 0 bridgehead atoms. The summed E-state index contributed by atoms with van der Waals surface area (Å²) in [6.07, 6.45) is 0. The third-order valence-electron chi connectivity index (χ3n) is 0.0942. The standard InChI is InChI=1S/HNO3S2/c2-6(3)1-4-5/h5H. The van der Waals surface area contributed by atoms with Gasteiger partial charge in [0.05, 0.1) is 0 Å². The lowest BCUT2D eigenvalue weighted by atomic mass is 13.6. The summed E-state index contributed by atoms with van der Waals surface area (Å²) in [6, 6.07) is 0. The van der Waals surface area contributed by atoms with Crippen LogP contribution in [-0.2, 0) is 14.8 Å². The highest BCUT2D eigenvalue weighted by atomic mass is 32.2. The maximum Gasteiger partial charge on any atom is 0.339 e. The van der Waals surface area contributed by atoms with Gasteiger partial charge in [-0.05, 0) is 0 Å². The Bertz CT molecular complexity index is 123. The van der Waals surface area contributed by atoms with Gasteiger partial charge < -0.3 is 0 Å². The molecule has 0 amide bonds. The minimum atomic E-state index is -2.49. The first-order valence-corrected chi connectivity index (χ1v) is 2.28. The molecular weight excluding hydrogens is 126 g/mol. The summed E-state index contributed by atoms with van der Waals surface area (Å²) in [5.74, 6) is 0. The van der Waals surface area contributed by atoms with E-state index in [1.54, 1.807) is 0 Å². The second-order valence-corrected chi connectivity index (χ2v) is 1.12. The summed E-state index contributed by atoms with van der Waals surface area (Å²) in [5, 5.41) is 0. The molecule has 0 rings (SSSR count). The summed E-state index contributed by atoms with van der Waals surface area (Å²) >= 11 is 3.00. The Balaban J connectivity index is 3.78. The lowest BCUT2D eigenvalue weighted by Crippen LogP contribution is -1.53. The van der Waals surface area contributed by atoms with Gasteiger partial charge in [0.2, 0.25) is 0 Å². The summed E-state index contributed by atoms with van der Waals surface area (Å²) in [7, 11) is -2.49. The molecule has 0 N–H and O–H groups in total. The van der Waals surface area contributed by atoms with Crippen molar-refractivity contribution < 1.29 is 12.7 Å². The zero-order valence-electron chi connectivity index (χ0n) is 2.53. The van der Waals surface area contributed by atoms with Crippen LogP contribution in [0.2, 0.25) is 0 Å². The fourth-order valence-corrected chi connectivity index (χ4v) is 0.245. The first-order chi connectivity index (χ1) is 2.77. The van der Waals surface area contributed by atoms with Gasteiger partial charge in [0, 0.05) is 17.4 Å². The Morgan fingerprint density at radius 1 is 1.67 bits per heavy atom. The van der Waals surface area contributed by atoms with Gasteiger partial charge in [-0.15, -0.1) is 0 Å². The van der Waals surface area contributed by atoms with E-state index in [-0.39, 0.29) is 0 Å². The predicted octanol–water partition coefficient (Wildman–Crippen LogP) is -0.174. The topological polar surface area (TPSA) is 55.7 Å². The molecule has 0 saturated heterocycles. The molecule has 0 aromatic rings. The van der Waals surface area contributed by atoms with Gasteiger partial charge >= 0.3 is 10.5 Å². The monoisotopic (exact) mass is 127 g/mol. The van der Waals surface area contributed by atoms with E-state index in [2.05, 4.69) is 21.7 Å². The van der Waals surface area contributed by atoms with Crippen molar-refractivity contribution in [3.8, 4) is 0 Å². The number of rotatable bonds is 1. The van der Waals surface area contributed by atoms with Crippen molar-refractivity contribution >= 4 is 23.4 Å². The third kappa shape index (κ3) is 3.93. The Morgan fingerprint density at radius 2 is 2.17 bits per heavy atom. The van der Waals surface area contributed by atoms with Gasteiger partial charge in [-0.25, -0.2) is 0 Å². The molecular formula is HNO3S2. The number of hydrogen-bond donors (Lipinski definition) is 1. The highest BCUT2D eigenvalue weighted by molar-refractivity contribution is 7.75. The Morgan fingerprint density at radius 3 is 2.17 bits per heavy atom. The van der Waals surface area contributed by atoms with Crippen LogP contribution in [0.4, 0.5) is 0 Å². The molecule has 0 aliphatic rings. The normalized spacial score (nSPS) is 7.50. The summed E-state index contributed by atoms with van der Waals surface area (Å²) in [6.45, 7) is 0. The smallest absolute Gasteiger partial charge is 0.168 e. The lowest BCUT2D eigenvalue weighted by molar-refractivity contribution is 0.417. The van der Waals surface area contributed by atoms with Gasteiger partial charge in [-0.1, -0.05) is 0 Å². The van der Waals surface area contributed by atoms with E-state index in [0.717, 1.165) is 0 Å².